The van der Waals surface area contributed by atoms with E-state index in [1.54, 1.807) is 0 Å². The van der Waals surface area contributed by atoms with Crippen LogP contribution in [0.2, 0.25) is 0 Å². The number of carbonyl (C=O) groups is 1. The summed E-state index contributed by atoms with van der Waals surface area (Å²) >= 11 is 1.49. The molecule has 0 atom stereocenters. The third kappa shape index (κ3) is 1.99. The molecule has 1 aliphatic rings. The van der Waals surface area contributed by atoms with E-state index in [1.165, 1.54) is 11.8 Å². The number of aromatic nitrogens is 1. The van der Waals surface area contributed by atoms with E-state index < -0.39 is 0 Å². The zero-order valence-electron chi connectivity index (χ0n) is 8.94. The number of thioether (sulfide) groups is 1. The van der Waals surface area contributed by atoms with Gasteiger partial charge in [0.25, 0.3) is 5.91 Å². The van der Waals surface area contributed by atoms with Gasteiger partial charge in [-0.2, -0.15) is 0 Å². The summed E-state index contributed by atoms with van der Waals surface area (Å²) in [5.41, 5.74) is 1.81. The highest BCUT2D eigenvalue weighted by Gasteiger charge is 2.20. The van der Waals surface area contributed by atoms with Gasteiger partial charge in [0.15, 0.2) is 0 Å². The predicted octanol–water partition coefficient (Wildman–Crippen LogP) is 3.10. The van der Waals surface area contributed by atoms with Crippen molar-refractivity contribution in [3.05, 3.63) is 53.2 Å². The number of nitrogens with one attached hydrogen (secondary N) is 2. The van der Waals surface area contributed by atoms with Crippen molar-refractivity contribution < 1.29 is 4.79 Å². The van der Waals surface area contributed by atoms with E-state index in [4.69, 9.17) is 0 Å². The van der Waals surface area contributed by atoms with Crippen molar-refractivity contribution in [2.24, 2.45) is 0 Å². The number of hydrogen-bond acceptors (Lipinski definition) is 2. The average molecular weight is 242 g/mol. The molecule has 0 saturated heterocycles. The normalized spacial score (nSPS) is 16.7. The summed E-state index contributed by atoms with van der Waals surface area (Å²) in [5, 5.41) is 2.88. The Balaban J connectivity index is 1.97. The van der Waals surface area contributed by atoms with Crippen molar-refractivity contribution in [2.75, 3.05) is 5.32 Å². The highest BCUT2D eigenvalue weighted by atomic mass is 32.2. The number of rotatable bonds is 1. The first-order chi connectivity index (χ1) is 8.33. The van der Waals surface area contributed by atoms with Crippen LogP contribution in [0.5, 0.6) is 0 Å². The molecule has 84 valence electrons. The molecule has 3 nitrogen and oxygen atoms in total. The number of fused-ring (bicyclic) bond motifs is 1. The van der Waals surface area contributed by atoms with Crippen LogP contribution in [0.1, 0.15) is 5.69 Å². The number of carbonyl (C=O) groups excluding carboxylic acids is 1. The molecule has 0 bridgehead atoms. The zero-order valence-corrected chi connectivity index (χ0v) is 9.75. The first-order valence-electron chi connectivity index (χ1n) is 5.26. The minimum Gasteiger partial charge on any atom is -0.362 e. The van der Waals surface area contributed by atoms with Gasteiger partial charge in [-0.3, -0.25) is 4.79 Å². The topological polar surface area (TPSA) is 44.9 Å². The molecule has 1 aliphatic heterocycles. The second-order valence-electron chi connectivity index (χ2n) is 3.69. The Morgan fingerprint density at radius 2 is 2.00 bits per heavy atom. The molecule has 0 radical (unpaired) electrons. The molecule has 1 amide bonds. The highest BCUT2D eigenvalue weighted by Crippen LogP contribution is 2.38. The standard InChI is InChI=1S/C13H10N2OS/c16-13-12(8-9-4-3-7-14-9)17-11-6-2-1-5-10(11)15-13/h1-8,14H,(H,15,16)/b12-8-. The van der Waals surface area contributed by atoms with Crippen molar-refractivity contribution in [1.82, 2.24) is 4.98 Å². The van der Waals surface area contributed by atoms with Crippen LogP contribution >= 0.6 is 11.8 Å². The van der Waals surface area contributed by atoms with E-state index in [0.717, 1.165) is 16.3 Å². The van der Waals surface area contributed by atoms with Gasteiger partial charge in [0.2, 0.25) is 0 Å². The van der Waals surface area contributed by atoms with Gasteiger partial charge in [-0.25, -0.2) is 0 Å². The maximum Gasteiger partial charge on any atom is 0.262 e. The lowest BCUT2D eigenvalue weighted by Crippen LogP contribution is -2.17. The summed E-state index contributed by atoms with van der Waals surface area (Å²) < 4.78 is 0. The first kappa shape index (κ1) is 10.2. The quantitative estimate of drug-likeness (QED) is 0.755. The SMILES string of the molecule is O=C1Nc2ccccc2S/C1=C\c1ccc[nH]1. The second-order valence-corrected chi connectivity index (χ2v) is 4.77. The number of H-pyrrole nitrogens is 1. The highest BCUT2D eigenvalue weighted by molar-refractivity contribution is 8.04. The van der Waals surface area contributed by atoms with Crippen LogP contribution in [0.4, 0.5) is 5.69 Å². The van der Waals surface area contributed by atoms with Crippen LogP contribution in [0.25, 0.3) is 6.08 Å². The van der Waals surface area contributed by atoms with E-state index in [1.807, 2.05) is 48.7 Å². The van der Waals surface area contributed by atoms with E-state index in [9.17, 15) is 4.79 Å². The molecular weight excluding hydrogens is 232 g/mol. The van der Waals surface area contributed by atoms with Gasteiger partial charge in [-0.15, -0.1) is 0 Å². The molecule has 2 aromatic rings. The van der Waals surface area contributed by atoms with Gasteiger partial charge >= 0.3 is 0 Å². The Hall–Kier alpha value is -1.94. The van der Waals surface area contributed by atoms with Crippen molar-refractivity contribution in [3.8, 4) is 0 Å². The van der Waals surface area contributed by atoms with E-state index in [0.29, 0.717) is 4.91 Å². The Labute approximate surface area is 103 Å². The fourth-order valence-electron chi connectivity index (χ4n) is 1.68. The predicted molar refractivity (Wildman–Crippen MR) is 69.7 cm³/mol. The van der Waals surface area contributed by atoms with Gasteiger partial charge in [0, 0.05) is 16.8 Å². The lowest BCUT2D eigenvalue weighted by Gasteiger charge is -2.17. The molecule has 3 rings (SSSR count). The molecule has 0 saturated carbocycles. The average Bonchev–Trinajstić information content (AvgIpc) is 2.83. The molecule has 1 aromatic heterocycles. The Morgan fingerprint density at radius 3 is 2.82 bits per heavy atom. The lowest BCUT2D eigenvalue weighted by molar-refractivity contribution is -0.112. The van der Waals surface area contributed by atoms with Crippen LogP contribution in [-0.2, 0) is 4.79 Å². The second kappa shape index (κ2) is 4.14. The van der Waals surface area contributed by atoms with Crippen LogP contribution in [-0.4, -0.2) is 10.9 Å². The summed E-state index contributed by atoms with van der Waals surface area (Å²) in [5.74, 6) is -0.0525. The van der Waals surface area contributed by atoms with Crippen molar-refractivity contribution in [1.29, 1.82) is 0 Å². The molecule has 0 spiro atoms. The molecule has 17 heavy (non-hydrogen) atoms. The van der Waals surface area contributed by atoms with Gasteiger partial charge in [-0.05, 0) is 30.3 Å². The molecule has 2 heterocycles. The molecule has 1 aromatic carbocycles. The minimum atomic E-state index is -0.0525. The fraction of sp³-hybridized carbons (Fsp3) is 0. The number of benzene rings is 1. The third-order valence-corrected chi connectivity index (χ3v) is 3.59. The third-order valence-electron chi connectivity index (χ3n) is 2.49. The van der Waals surface area contributed by atoms with Gasteiger partial charge in [-0.1, -0.05) is 23.9 Å². The van der Waals surface area contributed by atoms with Gasteiger partial charge < -0.3 is 10.3 Å². The molecule has 2 N–H and O–H groups in total. The molecule has 4 heteroatoms. The monoisotopic (exact) mass is 242 g/mol. The summed E-state index contributed by atoms with van der Waals surface area (Å²) in [6, 6.07) is 11.6. The smallest absolute Gasteiger partial charge is 0.262 e. The number of anilines is 1. The van der Waals surface area contributed by atoms with Crippen LogP contribution in [0.3, 0.4) is 0 Å². The number of hydrogen-bond donors (Lipinski definition) is 2. The Morgan fingerprint density at radius 1 is 1.12 bits per heavy atom. The maximum atomic E-state index is 11.9. The molecule has 0 fully saturated rings. The first-order valence-corrected chi connectivity index (χ1v) is 6.08. The van der Waals surface area contributed by atoms with E-state index in [2.05, 4.69) is 10.3 Å². The maximum absolute atomic E-state index is 11.9. The molecular formula is C13H10N2OS. The van der Waals surface area contributed by atoms with Crippen molar-refractivity contribution in [2.45, 2.75) is 4.90 Å². The molecule has 0 unspecified atom stereocenters. The summed E-state index contributed by atoms with van der Waals surface area (Å²) in [6.07, 6.45) is 3.70. The summed E-state index contributed by atoms with van der Waals surface area (Å²) in [6.45, 7) is 0. The number of para-hydroxylation sites is 1. The van der Waals surface area contributed by atoms with E-state index >= 15 is 0 Å². The summed E-state index contributed by atoms with van der Waals surface area (Å²) in [7, 11) is 0. The summed E-state index contributed by atoms with van der Waals surface area (Å²) in [4.78, 5) is 16.7. The van der Waals surface area contributed by atoms with Crippen molar-refractivity contribution in [3.63, 3.8) is 0 Å². The zero-order chi connectivity index (χ0) is 11.7. The van der Waals surface area contributed by atoms with Crippen LogP contribution in [0.15, 0.2) is 52.4 Å². The minimum absolute atomic E-state index is 0.0525. The van der Waals surface area contributed by atoms with Gasteiger partial charge in [0.05, 0.1) is 10.6 Å². The fourth-order valence-corrected chi connectivity index (χ4v) is 2.62. The largest absolute Gasteiger partial charge is 0.362 e. The van der Waals surface area contributed by atoms with Gasteiger partial charge in [0.1, 0.15) is 0 Å². The Bertz CT molecular complexity index is 587. The van der Waals surface area contributed by atoms with Crippen LogP contribution < -0.4 is 5.32 Å². The number of aromatic amines is 1. The number of amides is 1. The Kier molecular flexibility index (Phi) is 2.49. The van der Waals surface area contributed by atoms with E-state index in [-0.39, 0.29) is 5.91 Å². The van der Waals surface area contributed by atoms with Crippen LogP contribution in [0, 0.1) is 0 Å². The van der Waals surface area contributed by atoms with Crippen molar-refractivity contribution >= 4 is 29.4 Å². The lowest BCUT2D eigenvalue weighted by atomic mass is 10.3. The molecule has 0 aliphatic carbocycles.